The summed E-state index contributed by atoms with van der Waals surface area (Å²) in [5.74, 6) is 0. The molecular weight excluding hydrogens is 179 g/mol. The van der Waals surface area contributed by atoms with Gasteiger partial charge in [0, 0.05) is 10.6 Å². The maximum absolute atomic E-state index is 5.88. The fourth-order valence-electron chi connectivity index (χ4n) is 0.835. The van der Waals surface area contributed by atoms with E-state index in [1.54, 1.807) is 0 Å². The molecule has 2 heteroatoms. The summed E-state index contributed by atoms with van der Waals surface area (Å²) >= 11 is 11.3. The average molecular weight is 187 g/mol. The van der Waals surface area contributed by atoms with Crippen molar-refractivity contribution in [3.63, 3.8) is 0 Å². The van der Waals surface area contributed by atoms with Crippen molar-refractivity contribution in [3.05, 3.63) is 46.5 Å². The van der Waals surface area contributed by atoms with Crippen LogP contribution in [0.15, 0.2) is 35.9 Å². The summed E-state index contributed by atoms with van der Waals surface area (Å²) in [7, 11) is 0. The van der Waals surface area contributed by atoms with Crippen molar-refractivity contribution in [1.29, 1.82) is 0 Å². The zero-order valence-electron chi connectivity index (χ0n) is 5.93. The molecule has 58 valence electrons. The van der Waals surface area contributed by atoms with E-state index in [0.717, 1.165) is 17.0 Å². The van der Waals surface area contributed by atoms with E-state index in [-0.39, 0.29) is 0 Å². The Balaban J connectivity index is 2.77. The third kappa shape index (κ3) is 2.57. The van der Waals surface area contributed by atoms with Crippen molar-refractivity contribution in [1.82, 2.24) is 0 Å². The van der Waals surface area contributed by atoms with Gasteiger partial charge in [-0.05, 0) is 18.1 Å². The van der Waals surface area contributed by atoms with Crippen LogP contribution in [0.4, 0.5) is 0 Å². The summed E-state index contributed by atoms with van der Waals surface area (Å²) in [6.45, 7) is 0. The predicted octanol–water partition coefficient (Wildman–Crippen LogP) is 3.64. The van der Waals surface area contributed by atoms with Gasteiger partial charge in [-0.3, -0.25) is 0 Å². The van der Waals surface area contributed by atoms with Crippen LogP contribution >= 0.6 is 23.2 Å². The van der Waals surface area contributed by atoms with Crippen LogP contribution < -0.4 is 0 Å². The molecule has 0 atom stereocenters. The lowest BCUT2D eigenvalue weighted by atomic mass is 10.1. The minimum absolute atomic E-state index is 0.794. The van der Waals surface area contributed by atoms with E-state index in [1.807, 2.05) is 30.3 Å². The lowest BCUT2D eigenvalue weighted by Crippen LogP contribution is -1.80. The van der Waals surface area contributed by atoms with Crippen molar-refractivity contribution in [2.24, 2.45) is 0 Å². The van der Waals surface area contributed by atoms with E-state index < -0.39 is 0 Å². The minimum Gasteiger partial charge on any atom is -0.0933 e. The molecule has 0 amide bonds. The normalized spacial score (nSPS) is 10.7. The Bertz CT molecular complexity index is 253. The average Bonchev–Trinajstić information content (AvgIpc) is 2.03. The Hall–Kier alpha value is -0.460. The van der Waals surface area contributed by atoms with Crippen LogP contribution in [-0.2, 0) is 6.42 Å². The molecule has 0 spiro atoms. The summed E-state index contributed by atoms with van der Waals surface area (Å²) < 4.78 is 0. The molecule has 11 heavy (non-hydrogen) atoms. The second-order valence-electron chi connectivity index (χ2n) is 2.16. The van der Waals surface area contributed by atoms with Crippen LogP contribution in [0.1, 0.15) is 5.56 Å². The maximum Gasteiger partial charge on any atom is 0.0441 e. The molecule has 0 nitrogen and oxygen atoms in total. The van der Waals surface area contributed by atoms with Crippen molar-refractivity contribution in [3.8, 4) is 0 Å². The Morgan fingerprint density at radius 1 is 1.27 bits per heavy atom. The van der Waals surface area contributed by atoms with Gasteiger partial charge in [0.25, 0.3) is 0 Å². The Kier molecular flexibility index (Phi) is 3.47. The molecule has 0 heterocycles. The highest BCUT2D eigenvalue weighted by molar-refractivity contribution is 6.31. The van der Waals surface area contributed by atoms with Gasteiger partial charge in [0.15, 0.2) is 0 Å². The quantitative estimate of drug-likeness (QED) is 0.662. The van der Waals surface area contributed by atoms with Crippen LogP contribution in [0.5, 0.6) is 0 Å². The summed E-state index contributed by atoms with van der Waals surface area (Å²) in [4.78, 5) is 0. The highest BCUT2D eigenvalue weighted by Gasteiger charge is 1.93. The number of halogens is 2. The molecule has 0 bridgehead atoms. The lowest BCUT2D eigenvalue weighted by molar-refractivity contribution is 1.28. The first kappa shape index (κ1) is 8.63. The highest BCUT2D eigenvalue weighted by Crippen LogP contribution is 2.15. The molecule has 0 unspecified atom stereocenters. The molecule has 1 aromatic rings. The van der Waals surface area contributed by atoms with Crippen LogP contribution in [0, 0.1) is 0 Å². The Morgan fingerprint density at radius 2 is 2.00 bits per heavy atom. The van der Waals surface area contributed by atoms with Crippen molar-refractivity contribution in [2.75, 3.05) is 0 Å². The summed E-state index contributed by atoms with van der Waals surface area (Å²) in [6.07, 6.45) is 2.66. The first-order chi connectivity index (χ1) is 5.34. The van der Waals surface area contributed by atoms with Crippen LogP contribution in [0.3, 0.4) is 0 Å². The second kappa shape index (κ2) is 4.42. The lowest BCUT2D eigenvalue weighted by Gasteiger charge is -1.97. The van der Waals surface area contributed by atoms with Gasteiger partial charge in [0.05, 0.1) is 0 Å². The van der Waals surface area contributed by atoms with Crippen molar-refractivity contribution >= 4 is 23.2 Å². The van der Waals surface area contributed by atoms with Gasteiger partial charge < -0.3 is 0 Å². The van der Waals surface area contributed by atoms with Crippen LogP contribution in [0.2, 0.25) is 5.02 Å². The van der Waals surface area contributed by atoms with E-state index in [0.29, 0.717) is 0 Å². The fraction of sp³-hybridized carbons (Fsp3) is 0.111. The molecule has 0 N–H and O–H groups in total. The highest BCUT2D eigenvalue weighted by atomic mass is 35.5. The van der Waals surface area contributed by atoms with E-state index in [1.165, 1.54) is 5.54 Å². The van der Waals surface area contributed by atoms with Crippen molar-refractivity contribution in [2.45, 2.75) is 6.42 Å². The van der Waals surface area contributed by atoms with Gasteiger partial charge >= 0.3 is 0 Å². The zero-order valence-corrected chi connectivity index (χ0v) is 7.44. The minimum atomic E-state index is 0.794. The van der Waals surface area contributed by atoms with E-state index in [4.69, 9.17) is 23.2 Å². The first-order valence-corrected chi connectivity index (χ1v) is 4.14. The molecule has 0 fully saturated rings. The van der Waals surface area contributed by atoms with Gasteiger partial charge in [0.1, 0.15) is 0 Å². The second-order valence-corrected chi connectivity index (χ2v) is 2.82. The number of hydrogen-bond donors (Lipinski definition) is 0. The molecule has 0 saturated carbocycles. The largest absolute Gasteiger partial charge is 0.0933 e. The predicted molar refractivity (Wildman–Crippen MR) is 50.1 cm³/mol. The van der Waals surface area contributed by atoms with E-state index in [9.17, 15) is 0 Å². The summed E-state index contributed by atoms with van der Waals surface area (Å²) in [6, 6.07) is 7.73. The number of hydrogen-bond acceptors (Lipinski definition) is 0. The van der Waals surface area contributed by atoms with Gasteiger partial charge in [-0.1, -0.05) is 47.5 Å². The fourth-order valence-corrected chi connectivity index (χ4v) is 1.14. The SMILES string of the molecule is ClC=CCc1ccccc1Cl. The standard InChI is InChI=1S/C9H8Cl2/c10-7-3-5-8-4-1-2-6-9(8)11/h1-4,6-7H,5H2. The van der Waals surface area contributed by atoms with Crippen LogP contribution in [0.25, 0.3) is 0 Å². The summed E-state index contributed by atoms with van der Waals surface area (Å²) in [5.41, 5.74) is 2.61. The molecule has 0 aliphatic carbocycles. The molecule has 0 aliphatic rings. The van der Waals surface area contributed by atoms with E-state index in [2.05, 4.69) is 0 Å². The Labute approximate surface area is 76.4 Å². The maximum atomic E-state index is 5.88. The van der Waals surface area contributed by atoms with E-state index >= 15 is 0 Å². The molecular formula is C9H8Cl2. The smallest absolute Gasteiger partial charge is 0.0441 e. The van der Waals surface area contributed by atoms with Gasteiger partial charge in [-0.15, -0.1) is 0 Å². The van der Waals surface area contributed by atoms with Gasteiger partial charge in [0.2, 0.25) is 0 Å². The third-order valence-electron chi connectivity index (χ3n) is 1.38. The van der Waals surface area contributed by atoms with Gasteiger partial charge in [-0.25, -0.2) is 0 Å². The number of allylic oxidation sites excluding steroid dienone is 1. The number of benzene rings is 1. The molecule has 0 saturated heterocycles. The summed E-state index contributed by atoms with van der Waals surface area (Å²) in [5, 5.41) is 0.794. The monoisotopic (exact) mass is 186 g/mol. The van der Waals surface area contributed by atoms with Gasteiger partial charge in [-0.2, -0.15) is 0 Å². The van der Waals surface area contributed by atoms with Crippen LogP contribution in [-0.4, -0.2) is 0 Å². The molecule has 1 rings (SSSR count). The molecule has 0 aliphatic heterocycles. The third-order valence-corrected chi connectivity index (χ3v) is 1.93. The topological polar surface area (TPSA) is 0 Å². The number of rotatable bonds is 2. The first-order valence-electron chi connectivity index (χ1n) is 3.33. The molecule has 0 radical (unpaired) electrons. The Morgan fingerprint density at radius 3 is 2.64 bits per heavy atom. The molecule has 0 aromatic heterocycles. The molecule has 1 aromatic carbocycles. The van der Waals surface area contributed by atoms with Crippen molar-refractivity contribution < 1.29 is 0 Å². The zero-order chi connectivity index (χ0) is 8.10.